The van der Waals surface area contributed by atoms with Gasteiger partial charge < -0.3 is 19.4 Å². The average molecular weight is 364 g/mol. The molecule has 1 heterocycles. The zero-order valence-corrected chi connectivity index (χ0v) is 14.7. The van der Waals surface area contributed by atoms with Gasteiger partial charge in [-0.25, -0.2) is 4.79 Å². The van der Waals surface area contributed by atoms with E-state index in [4.69, 9.17) is 9.47 Å². The van der Waals surface area contributed by atoms with Gasteiger partial charge >= 0.3 is 12.1 Å². The van der Waals surface area contributed by atoms with Crippen LogP contribution in [0.4, 0.5) is 13.2 Å². The zero-order valence-electron chi connectivity index (χ0n) is 14.7. The molecule has 1 N–H and O–H groups in total. The van der Waals surface area contributed by atoms with Crippen LogP contribution in [0.15, 0.2) is 0 Å². The summed E-state index contributed by atoms with van der Waals surface area (Å²) in [7, 11) is 1.46. The van der Waals surface area contributed by atoms with Crippen molar-refractivity contribution < 1.29 is 32.2 Å². The standard InChI is InChI=1S/C16H23F3N2O4/c1-5-6-21(9-16(17,18)19)14(22)13-10(2)12(11(3)20-13)15(23)25-8-7-24-4/h20H,5-9H2,1-4H3. The lowest BCUT2D eigenvalue weighted by molar-refractivity contribution is -0.140. The molecule has 0 spiro atoms. The molecule has 6 nitrogen and oxygen atoms in total. The van der Waals surface area contributed by atoms with Gasteiger partial charge in [0.1, 0.15) is 18.8 Å². The number of hydrogen-bond acceptors (Lipinski definition) is 4. The molecule has 0 radical (unpaired) electrons. The van der Waals surface area contributed by atoms with Crippen molar-refractivity contribution >= 4 is 11.9 Å². The number of amides is 1. The first-order valence-corrected chi connectivity index (χ1v) is 7.83. The molecule has 0 saturated heterocycles. The number of alkyl halides is 3. The molecule has 9 heteroatoms. The molecule has 142 valence electrons. The van der Waals surface area contributed by atoms with Gasteiger partial charge in [-0.15, -0.1) is 0 Å². The van der Waals surface area contributed by atoms with Crippen molar-refractivity contribution in [2.75, 3.05) is 33.4 Å². The fourth-order valence-corrected chi connectivity index (χ4v) is 2.46. The smallest absolute Gasteiger partial charge is 0.406 e. The number of aromatic nitrogens is 1. The fourth-order valence-electron chi connectivity index (χ4n) is 2.46. The first-order valence-electron chi connectivity index (χ1n) is 7.83. The second-order valence-electron chi connectivity index (χ2n) is 5.60. The molecule has 1 aromatic heterocycles. The van der Waals surface area contributed by atoms with Crippen molar-refractivity contribution in [2.45, 2.75) is 33.4 Å². The molecule has 1 amide bonds. The Morgan fingerprint density at radius 1 is 1.20 bits per heavy atom. The molecule has 0 fully saturated rings. The molecular weight excluding hydrogens is 341 g/mol. The van der Waals surface area contributed by atoms with E-state index in [-0.39, 0.29) is 36.6 Å². The Balaban J connectivity index is 3.06. The Bertz CT molecular complexity index is 611. The molecule has 0 saturated carbocycles. The van der Waals surface area contributed by atoms with Gasteiger partial charge in [-0.1, -0.05) is 6.92 Å². The summed E-state index contributed by atoms with van der Waals surface area (Å²) in [4.78, 5) is 28.1. The molecule has 0 aliphatic heterocycles. The summed E-state index contributed by atoms with van der Waals surface area (Å²) in [5, 5.41) is 0. The summed E-state index contributed by atoms with van der Waals surface area (Å²) in [5.41, 5.74) is 0.761. The number of halogens is 3. The number of methoxy groups -OCH3 is 1. The third-order valence-electron chi connectivity index (χ3n) is 3.53. The molecule has 0 atom stereocenters. The Kier molecular flexibility index (Phi) is 7.47. The van der Waals surface area contributed by atoms with Gasteiger partial charge in [0.25, 0.3) is 5.91 Å². The summed E-state index contributed by atoms with van der Waals surface area (Å²) in [6.45, 7) is 3.62. The predicted molar refractivity (Wildman–Crippen MR) is 84.7 cm³/mol. The van der Waals surface area contributed by atoms with Gasteiger partial charge in [0.05, 0.1) is 12.2 Å². The summed E-state index contributed by atoms with van der Waals surface area (Å²) >= 11 is 0. The lowest BCUT2D eigenvalue weighted by atomic mass is 10.1. The second-order valence-corrected chi connectivity index (χ2v) is 5.60. The minimum atomic E-state index is -4.50. The summed E-state index contributed by atoms with van der Waals surface area (Å²) in [6.07, 6.45) is -4.12. The number of carbonyl (C=O) groups is 2. The quantitative estimate of drug-likeness (QED) is 0.569. The van der Waals surface area contributed by atoms with E-state index in [9.17, 15) is 22.8 Å². The van der Waals surface area contributed by atoms with E-state index in [1.54, 1.807) is 13.8 Å². The van der Waals surface area contributed by atoms with E-state index in [0.717, 1.165) is 4.90 Å². The maximum Gasteiger partial charge on any atom is 0.406 e. The van der Waals surface area contributed by atoms with E-state index in [1.807, 2.05) is 0 Å². The van der Waals surface area contributed by atoms with Crippen molar-refractivity contribution in [3.63, 3.8) is 0 Å². The normalized spacial score (nSPS) is 11.5. The highest BCUT2D eigenvalue weighted by Gasteiger charge is 2.34. The van der Waals surface area contributed by atoms with Crippen molar-refractivity contribution in [3.05, 3.63) is 22.5 Å². The number of hydrogen-bond donors (Lipinski definition) is 1. The monoisotopic (exact) mass is 364 g/mol. The maximum atomic E-state index is 12.7. The maximum absolute atomic E-state index is 12.7. The highest BCUT2D eigenvalue weighted by Crippen LogP contribution is 2.23. The Morgan fingerprint density at radius 3 is 2.36 bits per heavy atom. The number of esters is 1. The third-order valence-corrected chi connectivity index (χ3v) is 3.53. The summed E-state index contributed by atoms with van der Waals surface area (Å²) < 4.78 is 47.9. The molecule has 0 bridgehead atoms. The number of aryl methyl sites for hydroxylation is 1. The number of rotatable bonds is 8. The van der Waals surface area contributed by atoms with Crippen LogP contribution in [0.25, 0.3) is 0 Å². The number of ether oxygens (including phenoxy) is 2. The summed E-state index contributed by atoms with van der Waals surface area (Å²) in [5.74, 6) is -1.45. The van der Waals surface area contributed by atoms with Gasteiger partial charge in [0.15, 0.2) is 0 Å². The van der Waals surface area contributed by atoms with E-state index < -0.39 is 24.6 Å². The van der Waals surface area contributed by atoms with Crippen LogP contribution < -0.4 is 0 Å². The van der Waals surface area contributed by atoms with Crippen LogP contribution in [0.3, 0.4) is 0 Å². The molecule has 0 aliphatic rings. The SMILES string of the molecule is CCCN(CC(F)(F)F)C(=O)c1[nH]c(C)c(C(=O)OCCOC)c1C. The topological polar surface area (TPSA) is 71.6 Å². The Hall–Kier alpha value is -2.03. The van der Waals surface area contributed by atoms with Crippen LogP contribution in [-0.4, -0.2) is 61.3 Å². The van der Waals surface area contributed by atoms with Gasteiger partial charge in [-0.2, -0.15) is 13.2 Å². The molecule has 1 rings (SSSR count). The fraction of sp³-hybridized carbons (Fsp3) is 0.625. The number of aromatic amines is 1. The van der Waals surface area contributed by atoms with E-state index in [2.05, 4.69) is 4.98 Å². The minimum absolute atomic E-state index is 0.0334. The third kappa shape index (κ3) is 5.77. The lowest BCUT2D eigenvalue weighted by Crippen LogP contribution is -2.39. The molecule has 0 aliphatic carbocycles. The molecular formula is C16H23F3N2O4. The molecule has 25 heavy (non-hydrogen) atoms. The molecule has 0 aromatic carbocycles. The van der Waals surface area contributed by atoms with Crippen LogP contribution in [0.1, 0.15) is 45.4 Å². The molecule has 1 aromatic rings. The van der Waals surface area contributed by atoms with E-state index in [1.165, 1.54) is 14.0 Å². The number of carbonyl (C=O) groups excluding carboxylic acids is 2. The van der Waals surface area contributed by atoms with Gasteiger partial charge in [-0.05, 0) is 25.8 Å². The van der Waals surface area contributed by atoms with Crippen LogP contribution in [0.2, 0.25) is 0 Å². The number of nitrogens with zero attached hydrogens (tertiary/aromatic N) is 1. The van der Waals surface area contributed by atoms with Crippen molar-refractivity contribution in [2.24, 2.45) is 0 Å². The van der Waals surface area contributed by atoms with Crippen LogP contribution in [0.5, 0.6) is 0 Å². The van der Waals surface area contributed by atoms with Crippen molar-refractivity contribution in [1.29, 1.82) is 0 Å². The Morgan fingerprint density at radius 2 is 1.84 bits per heavy atom. The zero-order chi connectivity index (χ0) is 19.2. The first kappa shape index (κ1) is 21.0. The number of nitrogens with one attached hydrogen (secondary N) is 1. The van der Waals surface area contributed by atoms with E-state index >= 15 is 0 Å². The predicted octanol–water partition coefficient (Wildman–Crippen LogP) is 2.85. The highest BCUT2D eigenvalue weighted by atomic mass is 19.4. The largest absolute Gasteiger partial charge is 0.460 e. The highest BCUT2D eigenvalue weighted by molar-refractivity contribution is 6.00. The van der Waals surface area contributed by atoms with Crippen LogP contribution >= 0.6 is 0 Å². The second kappa shape index (κ2) is 8.89. The minimum Gasteiger partial charge on any atom is -0.460 e. The summed E-state index contributed by atoms with van der Waals surface area (Å²) in [6, 6.07) is 0. The van der Waals surface area contributed by atoms with E-state index in [0.29, 0.717) is 12.1 Å². The lowest BCUT2D eigenvalue weighted by Gasteiger charge is -2.23. The number of H-pyrrole nitrogens is 1. The Labute approximate surface area is 144 Å². The van der Waals surface area contributed by atoms with Gasteiger partial charge in [-0.3, -0.25) is 4.79 Å². The first-order chi connectivity index (χ1) is 11.6. The average Bonchev–Trinajstić information content (AvgIpc) is 2.80. The van der Waals surface area contributed by atoms with Gasteiger partial charge in [0, 0.05) is 19.3 Å². The molecule has 0 unspecified atom stereocenters. The van der Waals surface area contributed by atoms with Crippen molar-refractivity contribution in [1.82, 2.24) is 9.88 Å². The van der Waals surface area contributed by atoms with Gasteiger partial charge in [0.2, 0.25) is 0 Å². The van der Waals surface area contributed by atoms with Crippen LogP contribution in [0, 0.1) is 13.8 Å². The van der Waals surface area contributed by atoms with Crippen molar-refractivity contribution in [3.8, 4) is 0 Å². The van der Waals surface area contributed by atoms with Crippen LogP contribution in [-0.2, 0) is 9.47 Å².